The van der Waals surface area contributed by atoms with Gasteiger partial charge in [0.15, 0.2) is 6.61 Å². The average Bonchev–Trinajstić information content (AvgIpc) is 2.48. The van der Waals surface area contributed by atoms with Crippen LogP contribution in [0.5, 0.6) is 0 Å². The van der Waals surface area contributed by atoms with E-state index in [1.807, 2.05) is 0 Å². The van der Waals surface area contributed by atoms with Gasteiger partial charge in [-0.25, -0.2) is 9.78 Å². The second-order valence-corrected chi connectivity index (χ2v) is 5.23. The third-order valence-electron chi connectivity index (χ3n) is 3.67. The van der Waals surface area contributed by atoms with E-state index < -0.39 is 5.97 Å². The number of hydrogen-bond donors (Lipinski definition) is 1. The van der Waals surface area contributed by atoms with E-state index in [9.17, 15) is 9.59 Å². The summed E-state index contributed by atoms with van der Waals surface area (Å²) in [7, 11) is 0. The second kappa shape index (κ2) is 7.03. The molecule has 1 aliphatic carbocycles. The molecule has 1 saturated carbocycles. The second-order valence-electron chi connectivity index (χ2n) is 5.23. The molecule has 0 bridgehead atoms. The summed E-state index contributed by atoms with van der Waals surface area (Å²) in [5, 5.41) is 2.94. The normalized spacial score (nSPS) is 22.1. The van der Waals surface area contributed by atoms with Crippen LogP contribution < -0.4 is 5.32 Å². The molecule has 0 unspecified atom stereocenters. The SMILES string of the molecule is C[C@@H]1CCCC[C@H]1NC(=O)COC(=O)c1ccccn1. The maximum Gasteiger partial charge on any atom is 0.357 e. The summed E-state index contributed by atoms with van der Waals surface area (Å²) in [5.41, 5.74) is 0.214. The molecule has 20 heavy (non-hydrogen) atoms. The number of nitrogens with one attached hydrogen (secondary N) is 1. The van der Waals surface area contributed by atoms with Crippen LogP contribution in [-0.4, -0.2) is 29.5 Å². The lowest BCUT2D eigenvalue weighted by atomic mass is 9.86. The van der Waals surface area contributed by atoms with E-state index in [-0.39, 0.29) is 24.2 Å². The van der Waals surface area contributed by atoms with Crippen LogP contribution >= 0.6 is 0 Å². The number of rotatable bonds is 4. The number of aromatic nitrogens is 1. The first kappa shape index (κ1) is 14.5. The third-order valence-corrected chi connectivity index (χ3v) is 3.67. The van der Waals surface area contributed by atoms with Crippen LogP contribution in [-0.2, 0) is 9.53 Å². The van der Waals surface area contributed by atoms with E-state index >= 15 is 0 Å². The average molecular weight is 276 g/mol. The fraction of sp³-hybridized carbons (Fsp3) is 0.533. The molecule has 108 valence electrons. The zero-order valence-corrected chi connectivity index (χ0v) is 11.7. The number of ether oxygens (including phenoxy) is 1. The van der Waals surface area contributed by atoms with Crippen molar-refractivity contribution in [1.29, 1.82) is 0 Å². The molecule has 0 radical (unpaired) electrons. The van der Waals surface area contributed by atoms with Crippen molar-refractivity contribution in [2.24, 2.45) is 5.92 Å². The standard InChI is InChI=1S/C15H20N2O3/c1-11-6-2-3-7-12(11)17-14(18)10-20-15(19)13-8-4-5-9-16-13/h4-5,8-9,11-12H,2-3,6-7,10H2,1H3,(H,17,18)/t11-,12-/m1/s1. The highest BCUT2D eigenvalue weighted by Gasteiger charge is 2.23. The lowest BCUT2D eigenvalue weighted by Gasteiger charge is -2.29. The zero-order chi connectivity index (χ0) is 14.4. The van der Waals surface area contributed by atoms with Crippen molar-refractivity contribution in [2.75, 3.05) is 6.61 Å². The van der Waals surface area contributed by atoms with Gasteiger partial charge in [-0.1, -0.05) is 25.8 Å². The van der Waals surface area contributed by atoms with Gasteiger partial charge in [-0.2, -0.15) is 0 Å². The van der Waals surface area contributed by atoms with E-state index in [1.165, 1.54) is 12.6 Å². The highest BCUT2D eigenvalue weighted by Crippen LogP contribution is 2.23. The molecular weight excluding hydrogens is 256 g/mol. The Morgan fingerprint density at radius 1 is 1.35 bits per heavy atom. The van der Waals surface area contributed by atoms with Crippen LogP contribution in [0, 0.1) is 5.92 Å². The molecule has 1 amide bonds. The first-order chi connectivity index (χ1) is 9.66. The van der Waals surface area contributed by atoms with E-state index in [1.54, 1.807) is 18.2 Å². The number of nitrogens with zero attached hydrogens (tertiary/aromatic N) is 1. The van der Waals surface area contributed by atoms with Gasteiger partial charge >= 0.3 is 5.97 Å². The quantitative estimate of drug-likeness (QED) is 0.853. The number of carbonyl (C=O) groups is 2. The monoisotopic (exact) mass is 276 g/mol. The third kappa shape index (κ3) is 4.05. The summed E-state index contributed by atoms with van der Waals surface area (Å²) in [6.45, 7) is 1.89. The predicted molar refractivity (Wildman–Crippen MR) is 74.1 cm³/mol. The Kier molecular flexibility index (Phi) is 5.09. The van der Waals surface area contributed by atoms with Crippen molar-refractivity contribution in [3.8, 4) is 0 Å². The summed E-state index contributed by atoms with van der Waals surface area (Å²) in [4.78, 5) is 27.3. The molecule has 0 aromatic carbocycles. The maximum atomic E-state index is 11.8. The molecule has 0 spiro atoms. The van der Waals surface area contributed by atoms with Gasteiger partial charge in [-0.3, -0.25) is 4.79 Å². The number of pyridine rings is 1. The van der Waals surface area contributed by atoms with Crippen molar-refractivity contribution >= 4 is 11.9 Å². The molecular formula is C15H20N2O3. The van der Waals surface area contributed by atoms with Gasteiger partial charge in [-0.05, 0) is 30.9 Å². The minimum atomic E-state index is -0.572. The molecule has 2 atom stereocenters. The van der Waals surface area contributed by atoms with Gasteiger partial charge in [0.05, 0.1) is 0 Å². The van der Waals surface area contributed by atoms with Crippen LogP contribution in [0.15, 0.2) is 24.4 Å². The Balaban J connectivity index is 1.76. The van der Waals surface area contributed by atoms with Crippen molar-refractivity contribution in [3.63, 3.8) is 0 Å². The van der Waals surface area contributed by atoms with Gasteiger partial charge in [0.1, 0.15) is 5.69 Å². The Morgan fingerprint density at radius 2 is 2.15 bits per heavy atom. The van der Waals surface area contributed by atoms with Crippen molar-refractivity contribution in [2.45, 2.75) is 38.6 Å². The summed E-state index contributed by atoms with van der Waals surface area (Å²) in [6.07, 6.45) is 6.02. The smallest absolute Gasteiger partial charge is 0.357 e. The minimum Gasteiger partial charge on any atom is -0.451 e. The van der Waals surface area contributed by atoms with Crippen molar-refractivity contribution in [1.82, 2.24) is 10.3 Å². The predicted octanol–water partition coefficient (Wildman–Crippen LogP) is 1.93. The fourth-order valence-electron chi connectivity index (χ4n) is 2.47. The summed E-state index contributed by atoms with van der Waals surface area (Å²) >= 11 is 0. The fourth-order valence-corrected chi connectivity index (χ4v) is 2.47. The van der Waals surface area contributed by atoms with Crippen molar-refractivity contribution in [3.05, 3.63) is 30.1 Å². The number of amides is 1. The molecule has 1 aliphatic rings. The molecule has 1 aromatic heterocycles. The number of esters is 1. The molecule has 0 saturated heterocycles. The topological polar surface area (TPSA) is 68.3 Å². The summed E-state index contributed by atoms with van der Waals surface area (Å²) < 4.78 is 4.95. The maximum absolute atomic E-state index is 11.8. The first-order valence-corrected chi connectivity index (χ1v) is 7.04. The van der Waals surface area contributed by atoms with E-state index in [2.05, 4.69) is 17.2 Å². The molecule has 0 aliphatic heterocycles. The largest absolute Gasteiger partial charge is 0.451 e. The Labute approximate surface area is 118 Å². The summed E-state index contributed by atoms with van der Waals surface area (Å²) in [5.74, 6) is -0.329. The zero-order valence-electron chi connectivity index (χ0n) is 11.7. The van der Waals surface area contributed by atoms with Gasteiger partial charge in [0.25, 0.3) is 5.91 Å². The Morgan fingerprint density at radius 3 is 2.85 bits per heavy atom. The van der Waals surface area contributed by atoms with Gasteiger partial charge in [0, 0.05) is 12.2 Å². The first-order valence-electron chi connectivity index (χ1n) is 7.04. The molecule has 1 aromatic rings. The molecule has 5 nitrogen and oxygen atoms in total. The van der Waals surface area contributed by atoms with Crippen LogP contribution in [0.4, 0.5) is 0 Å². The Bertz CT molecular complexity index is 461. The highest BCUT2D eigenvalue weighted by molar-refractivity contribution is 5.89. The van der Waals surface area contributed by atoms with Gasteiger partial charge in [-0.15, -0.1) is 0 Å². The van der Waals surface area contributed by atoms with E-state index in [0.29, 0.717) is 5.92 Å². The van der Waals surface area contributed by atoms with Crippen LogP contribution in [0.1, 0.15) is 43.1 Å². The molecule has 1 fully saturated rings. The van der Waals surface area contributed by atoms with Crippen LogP contribution in [0.25, 0.3) is 0 Å². The lowest BCUT2D eigenvalue weighted by Crippen LogP contribution is -2.42. The van der Waals surface area contributed by atoms with E-state index in [4.69, 9.17) is 4.74 Å². The molecule has 5 heteroatoms. The van der Waals surface area contributed by atoms with Crippen LogP contribution in [0.2, 0.25) is 0 Å². The molecule has 2 rings (SSSR count). The van der Waals surface area contributed by atoms with E-state index in [0.717, 1.165) is 19.3 Å². The van der Waals surface area contributed by atoms with Crippen molar-refractivity contribution < 1.29 is 14.3 Å². The highest BCUT2D eigenvalue weighted by atomic mass is 16.5. The van der Waals surface area contributed by atoms with Crippen LogP contribution in [0.3, 0.4) is 0 Å². The van der Waals surface area contributed by atoms with Gasteiger partial charge < -0.3 is 10.1 Å². The lowest BCUT2D eigenvalue weighted by molar-refractivity contribution is -0.125. The number of carbonyl (C=O) groups excluding carboxylic acids is 2. The number of hydrogen-bond acceptors (Lipinski definition) is 4. The van der Waals surface area contributed by atoms with Gasteiger partial charge in [0.2, 0.25) is 0 Å². The Hall–Kier alpha value is -1.91. The minimum absolute atomic E-state index is 0.199. The molecule has 1 N–H and O–H groups in total. The molecule has 1 heterocycles. The summed E-state index contributed by atoms with van der Waals surface area (Å²) in [6, 6.07) is 5.18.